The molecule has 144 valence electrons. The summed E-state index contributed by atoms with van der Waals surface area (Å²) in [5.41, 5.74) is 1.34. The van der Waals surface area contributed by atoms with Crippen molar-refractivity contribution in [2.45, 2.75) is 18.3 Å². The summed E-state index contributed by atoms with van der Waals surface area (Å²) in [7, 11) is 4.65. The number of halogens is 1. The van der Waals surface area contributed by atoms with Gasteiger partial charge in [0.05, 0.1) is 21.3 Å². The van der Waals surface area contributed by atoms with Gasteiger partial charge in [-0.25, -0.2) is 4.39 Å². The fourth-order valence-corrected chi connectivity index (χ4v) is 4.34. The van der Waals surface area contributed by atoms with Crippen LogP contribution in [0.2, 0.25) is 0 Å². The van der Waals surface area contributed by atoms with Crippen LogP contribution in [-0.2, 0) is 11.3 Å². The molecule has 1 aliphatic rings. The Morgan fingerprint density at radius 2 is 1.78 bits per heavy atom. The van der Waals surface area contributed by atoms with Crippen LogP contribution in [0.25, 0.3) is 0 Å². The average molecular weight is 391 g/mol. The van der Waals surface area contributed by atoms with Gasteiger partial charge >= 0.3 is 0 Å². The first-order chi connectivity index (χ1) is 13.1. The van der Waals surface area contributed by atoms with Gasteiger partial charge in [0.25, 0.3) is 0 Å². The maximum Gasteiger partial charge on any atom is 0.224 e. The van der Waals surface area contributed by atoms with Crippen LogP contribution >= 0.6 is 11.8 Å². The van der Waals surface area contributed by atoms with Crippen molar-refractivity contribution in [1.82, 2.24) is 4.90 Å². The lowest BCUT2D eigenvalue weighted by molar-refractivity contribution is -0.132. The molecule has 0 N–H and O–H groups in total. The minimum atomic E-state index is -0.315. The fourth-order valence-electron chi connectivity index (χ4n) is 3.12. The van der Waals surface area contributed by atoms with E-state index in [-0.39, 0.29) is 23.6 Å². The van der Waals surface area contributed by atoms with Gasteiger partial charge in [-0.2, -0.15) is 0 Å². The number of benzene rings is 2. The highest BCUT2D eigenvalue weighted by molar-refractivity contribution is 7.99. The van der Waals surface area contributed by atoms with Crippen LogP contribution in [0.1, 0.15) is 22.9 Å². The van der Waals surface area contributed by atoms with E-state index < -0.39 is 0 Å². The summed E-state index contributed by atoms with van der Waals surface area (Å²) in [5.74, 6) is 1.93. The maximum atomic E-state index is 14.1. The molecule has 1 unspecified atom stereocenters. The van der Waals surface area contributed by atoms with E-state index in [2.05, 4.69) is 0 Å². The molecule has 7 heteroatoms. The summed E-state index contributed by atoms with van der Waals surface area (Å²) >= 11 is 1.64. The molecule has 1 saturated heterocycles. The van der Waals surface area contributed by atoms with E-state index in [0.29, 0.717) is 35.0 Å². The number of methoxy groups -OCH3 is 3. The third kappa shape index (κ3) is 3.98. The lowest BCUT2D eigenvalue weighted by Crippen LogP contribution is -2.37. The Morgan fingerprint density at radius 3 is 2.37 bits per heavy atom. The largest absolute Gasteiger partial charge is 0.493 e. The van der Waals surface area contributed by atoms with Gasteiger partial charge in [0.2, 0.25) is 11.7 Å². The Hall–Kier alpha value is -2.41. The van der Waals surface area contributed by atoms with Crippen LogP contribution in [-0.4, -0.2) is 37.9 Å². The highest BCUT2D eigenvalue weighted by Gasteiger charge is 2.32. The molecule has 5 nitrogen and oxygen atoms in total. The first-order valence-corrected chi connectivity index (χ1v) is 9.58. The molecular weight excluding hydrogens is 369 g/mol. The predicted octanol–water partition coefficient (Wildman–Crippen LogP) is 4.02. The van der Waals surface area contributed by atoms with E-state index in [4.69, 9.17) is 14.2 Å². The minimum absolute atomic E-state index is 0.00393. The molecule has 0 spiro atoms. The lowest BCUT2D eigenvalue weighted by atomic mass is 10.1. The highest BCUT2D eigenvalue weighted by Crippen LogP contribution is 2.45. The Kier molecular flexibility index (Phi) is 6.11. The zero-order chi connectivity index (χ0) is 19.4. The van der Waals surface area contributed by atoms with Crippen molar-refractivity contribution in [1.29, 1.82) is 0 Å². The number of rotatable bonds is 6. The molecule has 2 aromatic rings. The molecule has 0 aromatic heterocycles. The Balaban J connectivity index is 2.00. The smallest absolute Gasteiger partial charge is 0.224 e. The Labute approximate surface area is 162 Å². The van der Waals surface area contributed by atoms with Crippen LogP contribution in [0.4, 0.5) is 4.39 Å². The summed E-state index contributed by atoms with van der Waals surface area (Å²) in [5, 5.41) is -0.264. The SMILES string of the molecule is COc1cc(C2SCCC(=O)N2Cc2ccccc2F)cc(OC)c1OC. The number of hydrogen-bond donors (Lipinski definition) is 0. The molecule has 1 fully saturated rings. The number of amides is 1. The number of carbonyl (C=O) groups excluding carboxylic acids is 1. The topological polar surface area (TPSA) is 48.0 Å². The maximum absolute atomic E-state index is 14.1. The fraction of sp³-hybridized carbons (Fsp3) is 0.350. The van der Waals surface area contributed by atoms with Gasteiger partial charge < -0.3 is 19.1 Å². The molecule has 1 aliphatic heterocycles. The molecule has 0 saturated carbocycles. The molecule has 1 amide bonds. The number of nitrogens with zero attached hydrogens (tertiary/aromatic N) is 1. The van der Waals surface area contributed by atoms with Crippen LogP contribution in [0, 0.1) is 5.82 Å². The Morgan fingerprint density at radius 1 is 1.11 bits per heavy atom. The quantitative estimate of drug-likeness (QED) is 0.745. The van der Waals surface area contributed by atoms with Crippen molar-refractivity contribution in [3.63, 3.8) is 0 Å². The molecule has 0 radical (unpaired) electrons. The number of thioether (sulfide) groups is 1. The van der Waals surface area contributed by atoms with Gasteiger partial charge in [-0.15, -0.1) is 11.8 Å². The summed E-state index contributed by atoms with van der Waals surface area (Å²) < 4.78 is 30.4. The Bertz CT molecular complexity index is 804. The van der Waals surface area contributed by atoms with Gasteiger partial charge in [-0.05, 0) is 23.8 Å². The molecule has 1 heterocycles. The second-order valence-electron chi connectivity index (χ2n) is 6.04. The normalized spacial score (nSPS) is 17.0. The number of ether oxygens (including phenoxy) is 3. The third-order valence-corrected chi connectivity index (χ3v) is 5.75. The van der Waals surface area contributed by atoms with Gasteiger partial charge in [0.1, 0.15) is 11.2 Å². The van der Waals surface area contributed by atoms with Crippen LogP contribution < -0.4 is 14.2 Å². The third-order valence-electron chi connectivity index (χ3n) is 4.47. The monoisotopic (exact) mass is 391 g/mol. The zero-order valence-electron chi connectivity index (χ0n) is 15.5. The lowest BCUT2D eigenvalue weighted by Gasteiger charge is -2.36. The second-order valence-corrected chi connectivity index (χ2v) is 7.23. The van der Waals surface area contributed by atoms with Gasteiger partial charge in [0.15, 0.2) is 11.5 Å². The standard InChI is InChI=1S/C20H22FNO4S/c1-24-16-10-14(11-17(25-2)19(16)26-3)20-22(18(23)8-9-27-20)12-13-6-4-5-7-15(13)21/h4-7,10-11,20H,8-9,12H2,1-3H3. The molecule has 0 aliphatic carbocycles. The van der Waals surface area contributed by atoms with Crippen molar-refractivity contribution in [2.24, 2.45) is 0 Å². The van der Waals surface area contributed by atoms with Crippen molar-refractivity contribution in [2.75, 3.05) is 27.1 Å². The average Bonchev–Trinajstić information content (AvgIpc) is 2.69. The molecule has 3 rings (SSSR count). The van der Waals surface area contributed by atoms with E-state index >= 15 is 0 Å². The summed E-state index contributed by atoms with van der Waals surface area (Å²) in [6.45, 7) is 0.208. The molecule has 0 bridgehead atoms. The first kappa shape index (κ1) is 19.4. The van der Waals surface area contributed by atoms with Crippen molar-refractivity contribution in [3.05, 3.63) is 53.3 Å². The molecule has 1 atom stereocenters. The van der Waals surface area contributed by atoms with Crippen LogP contribution in [0.3, 0.4) is 0 Å². The number of carbonyl (C=O) groups is 1. The summed E-state index contributed by atoms with van der Waals surface area (Å²) in [4.78, 5) is 14.3. The van der Waals surface area contributed by atoms with E-state index in [1.807, 2.05) is 12.1 Å². The van der Waals surface area contributed by atoms with Crippen LogP contribution in [0.5, 0.6) is 17.2 Å². The van der Waals surface area contributed by atoms with E-state index in [1.165, 1.54) is 6.07 Å². The molecular formula is C20H22FNO4S. The second kappa shape index (κ2) is 8.52. The van der Waals surface area contributed by atoms with Gasteiger partial charge in [0, 0.05) is 24.3 Å². The molecule has 2 aromatic carbocycles. The van der Waals surface area contributed by atoms with Gasteiger partial charge in [-0.1, -0.05) is 18.2 Å². The van der Waals surface area contributed by atoms with E-state index in [9.17, 15) is 9.18 Å². The van der Waals surface area contributed by atoms with Crippen molar-refractivity contribution < 1.29 is 23.4 Å². The first-order valence-electron chi connectivity index (χ1n) is 8.53. The van der Waals surface area contributed by atoms with E-state index in [0.717, 1.165) is 5.56 Å². The minimum Gasteiger partial charge on any atom is -0.493 e. The van der Waals surface area contributed by atoms with Crippen LogP contribution in [0.15, 0.2) is 36.4 Å². The van der Waals surface area contributed by atoms with Crippen molar-refractivity contribution >= 4 is 17.7 Å². The van der Waals surface area contributed by atoms with Gasteiger partial charge in [-0.3, -0.25) is 4.79 Å². The van der Waals surface area contributed by atoms with Crippen molar-refractivity contribution in [3.8, 4) is 17.2 Å². The van der Waals surface area contributed by atoms with E-state index in [1.54, 1.807) is 56.2 Å². The highest BCUT2D eigenvalue weighted by atomic mass is 32.2. The number of hydrogen-bond acceptors (Lipinski definition) is 5. The predicted molar refractivity (Wildman–Crippen MR) is 103 cm³/mol. The summed E-state index contributed by atoms with van der Waals surface area (Å²) in [6.07, 6.45) is 0.431. The molecule has 27 heavy (non-hydrogen) atoms. The zero-order valence-corrected chi connectivity index (χ0v) is 16.3. The summed E-state index contributed by atoms with van der Waals surface area (Å²) in [6, 6.07) is 10.2.